The highest BCUT2D eigenvalue weighted by molar-refractivity contribution is 5.94. The van der Waals surface area contributed by atoms with Crippen LogP contribution in [-0.4, -0.2) is 30.5 Å². The zero-order valence-electron chi connectivity index (χ0n) is 12.7. The van der Waals surface area contributed by atoms with Crippen molar-refractivity contribution in [1.82, 2.24) is 0 Å². The number of ether oxygens (including phenoxy) is 2. The Morgan fingerprint density at radius 3 is 2.62 bits per heavy atom. The number of hydrogen-bond donors (Lipinski definition) is 1. The fourth-order valence-corrected chi connectivity index (χ4v) is 1.91. The summed E-state index contributed by atoms with van der Waals surface area (Å²) in [6.07, 6.45) is 0. The minimum absolute atomic E-state index is 0.134. The van der Waals surface area contributed by atoms with Crippen molar-refractivity contribution in [3.63, 3.8) is 0 Å². The van der Waals surface area contributed by atoms with Gasteiger partial charge in [-0.05, 0) is 18.2 Å². The normalized spacial score (nSPS) is 9.88. The van der Waals surface area contributed by atoms with Crippen molar-refractivity contribution >= 4 is 23.3 Å². The molecule has 8 heteroatoms. The number of carbonyl (C=O) groups is 2. The molecular weight excluding hydrogens is 316 g/mol. The average molecular weight is 330 g/mol. The molecule has 0 bridgehead atoms. The maximum absolute atomic E-state index is 11.9. The van der Waals surface area contributed by atoms with E-state index in [4.69, 9.17) is 4.74 Å². The lowest BCUT2D eigenvalue weighted by molar-refractivity contribution is -0.384. The third-order valence-electron chi connectivity index (χ3n) is 2.99. The second kappa shape index (κ2) is 7.73. The number of amides is 1. The number of anilines is 1. The van der Waals surface area contributed by atoms with Crippen molar-refractivity contribution in [1.29, 1.82) is 0 Å². The van der Waals surface area contributed by atoms with Gasteiger partial charge in [-0.25, -0.2) is 4.79 Å². The zero-order chi connectivity index (χ0) is 17.5. The predicted molar refractivity (Wildman–Crippen MR) is 85.0 cm³/mol. The van der Waals surface area contributed by atoms with Crippen LogP contribution in [0.15, 0.2) is 48.5 Å². The van der Waals surface area contributed by atoms with Crippen LogP contribution >= 0.6 is 0 Å². The van der Waals surface area contributed by atoms with Crippen LogP contribution in [-0.2, 0) is 9.53 Å². The molecule has 124 valence electrons. The van der Waals surface area contributed by atoms with Gasteiger partial charge in [0.05, 0.1) is 12.0 Å². The quantitative estimate of drug-likeness (QED) is 0.495. The highest BCUT2D eigenvalue weighted by Crippen LogP contribution is 2.19. The number of methoxy groups -OCH3 is 1. The largest absolute Gasteiger partial charge is 0.483 e. The van der Waals surface area contributed by atoms with Crippen LogP contribution in [0.1, 0.15) is 10.4 Å². The number of nitro groups is 1. The minimum atomic E-state index is -0.579. The Labute approximate surface area is 137 Å². The van der Waals surface area contributed by atoms with Crippen LogP contribution in [0.2, 0.25) is 0 Å². The summed E-state index contributed by atoms with van der Waals surface area (Å²) in [6.45, 7) is -0.364. The second-order valence-electron chi connectivity index (χ2n) is 4.63. The summed E-state index contributed by atoms with van der Waals surface area (Å²) in [5, 5.41) is 13.2. The molecule has 0 heterocycles. The van der Waals surface area contributed by atoms with Gasteiger partial charge >= 0.3 is 5.97 Å². The Hall–Kier alpha value is -3.42. The lowest BCUT2D eigenvalue weighted by atomic mass is 10.2. The van der Waals surface area contributed by atoms with E-state index < -0.39 is 16.8 Å². The number of rotatable bonds is 6. The first-order valence-electron chi connectivity index (χ1n) is 6.85. The summed E-state index contributed by atoms with van der Waals surface area (Å²) >= 11 is 0. The topological polar surface area (TPSA) is 108 Å². The third kappa shape index (κ3) is 4.29. The third-order valence-corrected chi connectivity index (χ3v) is 2.99. The summed E-state index contributed by atoms with van der Waals surface area (Å²) in [6, 6.07) is 11.9. The Bertz CT molecular complexity index is 775. The molecule has 2 aromatic carbocycles. The fraction of sp³-hybridized carbons (Fsp3) is 0.125. The maximum Gasteiger partial charge on any atom is 0.341 e. The van der Waals surface area contributed by atoms with E-state index >= 15 is 0 Å². The van der Waals surface area contributed by atoms with Gasteiger partial charge in [0, 0.05) is 17.8 Å². The smallest absolute Gasteiger partial charge is 0.341 e. The first-order valence-corrected chi connectivity index (χ1v) is 6.85. The molecule has 1 amide bonds. The highest BCUT2D eigenvalue weighted by Gasteiger charge is 2.14. The van der Waals surface area contributed by atoms with Gasteiger partial charge in [0.25, 0.3) is 11.6 Å². The molecule has 0 aliphatic heterocycles. The molecule has 0 radical (unpaired) electrons. The second-order valence-corrected chi connectivity index (χ2v) is 4.63. The van der Waals surface area contributed by atoms with Crippen LogP contribution in [0.5, 0.6) is 5.75 Å². The van der Waals surface area contributed by atoms with E-state index in [9.17, 15) is 19.7 Å². The molecule has 1 N–H and O–H groups in total. The van der Waals surface area contributed by atoms with Crippen molar-refractivity contribution in [2.24, 2.45) is 0 Å². The Kier molecular flexibility index (Phi) is 5.45. The van der Waals surface area contributed by atoms with E-state index in [2.05, 4.69) is 10.1 Å². The van der Waals surface area contributed by atoms with Gasteiger partial charge in [0.2, 0.25) is 0 Å². The summed E-state index contributed by atoms with van der Waals surface area (Å²) < 4.78 is 9.96. The van der Waals surface area contributed by atoms with E-state index in [1.165, 1.54) is 43.5 Å². The van der Waals surface area contributed by atoms with E-state index in [0.717, 1.165) is 0 Å². The lowest BCUT2D eigenvalue weighted by Gasteiger charge is -2.10. The molecule has 8 nitrogen and oxygen atoms in total. The van der Waals surface area contributed by atoms with Crippen molar-refractivity contribution in [2.45, 2.75) is 0 Å². The summed E-state index contributed by atoms with van der Waals surface area (Å²) in [4.78, 5) is 33.6. The van der Waals surface area contributed by atoms with Gasteiger partial charge in [0.15, 0.2) is 6.61 Å². The number of hydrogen-bond acceptors (Lipinski definition) is 6. The van der Waals surface area contributed by atoms with Crippen LogP contribution < -0.4 is 10.1 Å². The number of para-hydroxylation sites is 1. The van der Waals surface area contributed by atoms with E-state index in [1.807, 2.05) is 0 Å². The summed E-state index contributed by atoms with van der Waals surface area (Å²) in [5.74, 6) is -0.890. The summed E-state index contributed by atoms with van der Waals surface area (Å²) in [7, 11) is 1.24. The maximum atomic E-state index is 11.9. The number of nitro benzene ring substituents is 1. The SMILES string of the molecule is COC(=O)c1ccccc1OCC(=O)Nc1cccc([N+](=O)[O-])c1. The highest BCUT2D eigenvalue weighted by atomic mass is 16.6. The van der Waals surface area contributed by atoms with Crippen LogP contribution in [0.4, 0.5) is 11.4 Å². The monoisotopic (exact) mass is 330 g/mol. The molecule has 0 spiro atoms. The Balaban J connectivity index is 2.00. The number of carbonyl (C=O) groups excluding carboxylic acids is 2. The fourth-order valence-electron chi connectivity index (χ4n) is 1.91. The molecule has 0 atom stereocenters. The lowest BCUT2D eigenvalue weighted by Crippen LogP contribution is -2.21. The van der Waals surface area contributed by atoms with E-state index in [-0.39, 0.29) is 29.3 Å². The van der Waals surface area contributed by atoms with Crippen molar-refractivity contribution in [3.8, 4) is 5.75 Å². The first kappa shape index (κ1) is 16.9. The predicted octanol–water partition coefficient (Wildman–Crippen LogP) is 2.40. The minimum Gasteiger partial charge on any atom is -0.483 e. The van der Waals surface area contributed by atoms with Gasteiger partial charge in [0.1, 0.15) is 11.3 Å². The van der Waals surface area contributed by atoms with Gasteiger partial charge < -0.3 is 14.8 Å². The molecule has 0 aliphatic carbocycles. The Morgan fingerprint density at radius 1 is 1.17 bits per heavy atom. The van der Waals surface area contributed by atoms with Crippen LogP contribution in [0.3, 0.4) is 0 Å². The zero-order valence-corrected chi connectivity index (χ0v) is 12.7. The van der Waals surface area contributed by atoms with Crippen molar-refractivity contribution < 1.29 is 24.0 Å². The van der Waals surface area contributed by atoms with Crippen LogP contribution in [0.25, 0.3) is 0 Å². The van der Waals surface area contributed by atoms with Crippen molar-refractivity contribution in [3.05, 3.63) is 64.2 Å². The molecule has 0 unspecified atom stereocenters. The van der Waals surface area contributed by atoms with Gasteiger partial charge in [-0.1, -0.05) is 18.2 Å². The Morgan fingerprint density at radius 2 is 1.92 bits per heavy atom. The van der Waals surface area contributed by atoms with E-state index in [1.54, 1.807) is 12.1 Å². The van der Waals surface area contributed by atoms with Gasteiger partial charge in [-0.3, -0.25) is 14.9 Å². The molecule has 0 aromatic heterocycles. The standard InChI is InChI=1S/C16H14N2O6/c1-23-16(20)13-7-2-3-8-14(13)24-10-15(19)17-11-5-4-6-12(9-11)18(21)22/h2-9H,10H2,1H3,(H,17,19). The van der Waals surface area contributed by atoms with Crippen molar-refractivity contribution in [2.75, 3.05) is 19.0 Å². The number of nitrogens with zero attached hydrogens (tertiary/aromatic N) is 1. The number of benzene rings is 2. The van der Waals surface area contributed by atoms with E-state index in [0.29, 0.717) is 0 Å². The number of nitrogens with one attached hydrogen (secondary N) is 1. The average Bonchev–Trinajstić information content (AvgIpc) is 2.59. The molecule has 0 saturated carbocycles. The van der Waals surface area contributed by atoms with Gasteiger partial charge in [-0.15, -0.1) is 0 Å². The molecule has 0 saturated heterocycles. The molecule has 0 fully saturated rings. The first-order chi connectivity index (χ1) is 11.5. The molecule has 2 aromatic rings. The summed E-state index contributed by atoms with van der Waals surface area (Å²) in [5.41, 5.74) is 0.340. The number of esters is 1. The molecule has 24 heavy (non-hydrogen) atoms. The van der Waals surface area contributed by atoms with Crippen LogP contribution in [0, 0.1) is 10.1 Å². The number of non-ortho nitro benzene ring substituents is 1. The van der Waals surface area contributed by atoms with Gasteiger partial charge in [-0.2, -0.15) is 0 Å². The molecular formula is C16H14N2O6. The molecule has 0 aliphatic rings. The molecule has 2 rings (SSSR count).